The predicted molar refractivity (Wildman–Crippen MR) is 77.9 cm³/mol. The van der Waals surface area contributed by atoms with Crippen molar-refractivity contribution in [3.63, 3.8) is 0 Å². The maximum absolute atomic E-state index is 8.96. The lowest BCUT2D eigenvalue weighted by Gasteiger charge is -2.22. The monoisotopic (exact) mass is 272 g/mol. The number of hydrogen-bond acceptors (Lipinski definition) is 4. The zero-order valence-corrected chi connectivity index (χ0v) is 12.3. The average molecular weight is 272 g/mol. The molecule has 0 radical (unpaired) electrons. The summed E-state index contributed by atoms with van der Waals surface area (Å²) in [6.45, 7) is 8.34. The van der Waals surface area contributed by atoms with Crippen LogP contribution < -0.4 is 4.74 Å². The second kappa shape index (κ2) is 5.59. The summed E-state index contributed by atoms with van der Waals surface area (Å²) in [5, 5.41) is 16.8. The smallest absolute Gasteiger partial charge is 0.238 e. The molecule has 2 rings (SSSR count). The number of ether oxygens (including phenoxy) is 1. The fourth-order valence-electron chi connectivity index (χ4n) is 1.93. The quantitative estimate of drug-likeness (QED) is 0.930. The van der Waals surface area contributed by atoms with Crippen molar-refractivity contribution in [2.45, 2.75) is 39.7 Å². The van der Waals surface area contributed by atoms with Gasteiger partial charge in [-0.1, -0.05) is 32.9 Å². The highest BCUT2D eigenvalue weighted by molar-refractivity contribution is 5.43. The number of hydrogen-bond donors (Lipinski definition) is 1. The third kappa shape index (κ3) is 3.33. The Balaban J connectivity index is 2.34. The topological polar surface area (TPSA) is 55.2 Å². The molecular weight excluding hydrogens is 252 g/mol. The number of nitrogens with zero attached hydrogens (tertiary/aromatic N) is 2. The van der Waals surface area contributed by atoms with Crippen molar-refractivity contribution in [3.05, 3.63) is 47.2 Å². The third-order valence-corrected chi connectivity index (χ3v) is 3.02. The molecule has 0 spiro atoms. The molecular formula is C16H20N2O2. The van der Waals surface area contributed by atoms with Crippen LogP contribution in [0.3, 0.4) is 0 Å². The molecule has 0 aliphatic heterocycles. The zero-order valence-electron chi connectivity index (χ0n) is 12.3. The molecule has 1 N–H and O–H groups in total. The summed E-state index contributed by atoms with van der Waals surface area (Å²) in [4.78, 5) is 0. The van der Waals surface area contributed by atoms with Crippen LogP contribution in [0.2, 0.25) is 0 Å². The summed E-state index contributed by atoms with van der Waals surface area (Å²) in [6.07, 6.45) is 0. The van der Waals surface area contributed by atoms with Crippen molar-refractivity contribution >= 4 is 0 Å². The SMILES string of the molecule is Cc1ccc(C(C)(C)C)c(Oc2ccc(CO)nn2)c1. The molecule has 0 aliphatic rings. The van der Waals surface area contributed by atoms with Gasteiger partial charge in [0.25, 0.3) is 0 Å². The first-order chi connectivity index (χ1) is 9.40. The Bertz CT molecular complexity index is 586. The molecule has 0 unspecified atom stereocenters. The summed E-state index contributed by atoms with van der Waals surface area (Å²) in [6, 6.07) is 9.58. The Kier molecular flexibility index (Phi) is 4.04. The van der Waals surface area contributed by atoms with Crippen molar-refractivity contribution in [1.82, 2.24) is 10.2 Å². The molecule has 4 heteroatoms. The van der Waals surface area contributed by atoms with E-state index in [-0.39, 0.29) is 12.0 Å². The highest BCUT2D eigenvalue weighted by atomic mass is 16.5. The molecule has 1 aromatic heterocycles. The summed E-state index contributed by atoms with van der Waals surface area (Å²) >= 11 is 0. The Labute approximate surface area is 119 Å². The molecule has 4 nitrogen and oxygen atoms in total. The fourth-order valence-corrected chi connectivity index (χ4v) is 1.93. The maximum Gasteiger partial charge on any atom is 0.238 e. The number of aliphatic hydroxyl groups is 1. The maximum atomic E-state index is 8.96. The molecule has 0 amide bonds. The fraction of sp³-hybridized carbons (Fsp3) is 0.375. The molecule has 0 fully saturated rings. The Morgan fingerprint density at radius 2 is 1.85 bits per heavy atom. The molecule has 106 valence electrons. The van der Waals surface area contributed by atoms with Crippen LogP contribution in [-0.4, -0.2) is 15.3 Å². The molecule has 2 aromatic rings. The van der Waals surface area contributed by atoms with Gasteiger partial charge < -0.3 is 9.84 Å². The largest absolute Gasteiger partial charge is 0.437 e. The van der Waals surface area contributed by atoms with Gasteiger partial charge in [0.05, 0.1) is 12.3 Å². The third-order valence-electron chi connectivity index (χ3n) is 3.02. The first kappa shape index (κ1) is 14.5. The lowest BCUT2D eigenvalue weighted by atomic mass is 9.86. The van der Waals surface area contributed by atoms with E-state index in [0.29, 0.717) is 11.6 Å². The van der Waals surface area contributed by atoms with Crippen LogP contribution in [-0.2, 0) is 12.0 Å². The van der Waals surface area contributed by atoms with E-state index in [4.69, 9.17) is 9.84 Å². The van der Waals surface area contributed by atoms with Crippen LogP contribution in [0.4, 0.5) is 0 Å². The molecule has 1 heterocycles. The van der Waals surface area contributed by atoms with E-state index in [2.05, 4.69) is 43.1 Å². The Morgan fingerprint density at radius 1 is 1.10 bits per heavy atom. The summed E-state index contributed by atoms with van der Waals surface area (Å²) in [7, 11) is 0. The predicted octanol–water partition coefficient (Wildman–Crippen LogP) is 3.37. The van der Waals surface area contributed by atoms with Gasteiger partial charge in [-0.05, 0) is 30.0 Å². The van der Waals surface area contributed by atoms with Gasteiger partial charge in [-0.25, -0.2) is 0 Å². The lowest BCUT2D eigenvalue weighted by Crippen LogP contribution is -2.12. The molecule has 1 aromatic carbocycles. The van der Waals surface area contributed by atoms with Crippen LogP contribution in [0.1, 0.15) is 37.6 Å². The normalized spacial score (nSPS) is 11.4. The highest BCUT2D eigenvalue weighted by Gasteiger charge is 2.19. The van der Waals surface area contributed by atoms with Gasteiger partial charge in [0.1, 0.15) is 5.75 Å². The molecule has 0 aliphatic carbocycles. The van der Waals surface area contributed by atoms with Crippen LogP contribution in [0.25, 0.3) is 0 Å². The summed E-state index contributed by atoms with van der Waals surface area (Å²) in [5.74, 6) is 1.22. The van der Waals surface area contributed by atoms with Gasteiger partial charge in [-0.3, -0.25) is 0 Å². The van der Waals surface area contributed by atoms with E-state index in [9.17, 15) is 0 Å². The Hall–Kier alpha value is -1.94. The van der Waals surface area contributed by atoms with Gasteiger partial charge in [0.15, 0.2) is 0 Å². The zero-order chi connectivity index (χ0) is 14.8. The van der Waals surface area contributed by atoms with E-state index in [1.165, 1.54) is 0 Å². The van der Waals surface area contributed by atoms with Crippen LogP contribution in [0.5, 0.6) is 11.6 Å². The van der Waals surface area contributed by atoms with E-state index in [0.717, 1.165) is 16.9 Å². The molecule has 0 atom stereocenters. The Morgan fingerprint density at radius 3 is 2.40 bits per heavy atom. The van der Waals surface area contributed by atoms with Crippen LogP contribution in [0.15, 0.2) is 30.3 Å². The van der Waals surface area contributed by atoms with Crippen molar-refractivity contribution < 1.29 is 9.84 Å². The second-order valence-corrected chi connectivity index (χ2v) is 5.87. The van der Waals surface area contributed by atoms with Gasteiger partial charge in [-0.2, -0.15) is 0 Å². The minimum atomic E-state index is -0.120. The molecule has 0 saturated carbocycles. The summed E-state index contributed by atoms with van der Waals surface area (Å²) in [5.41, 5.74) is 2.77. The minimum Gasteiger partial charge on any atom is -0.437 e. The van der Waals surface area contributed by atoms with Gasteiger partial charge in [0.2, 0.25) is 5.88 Å². The number of rotatable bonds is 3. The van der Waals surface area contributed by atoms with E-state index >= 15 is 0 Å². The van der Waals surface area contributed by atoms with E-state index in [1.807, 2.05) is 13.0 Å². The average Bonchev–Trinajstić information content (AvgIpc) is 2.38. The molecule has 20 heavy (non-hydrogen) atoms. The van der Waals surface area contributed by atoms with Crippen molar-refractivity contribution in [3.8, 4) is 11.6 Å². The van der Waals surface area contributed by atoms with Crippen LogP contribution in [0, 0.1) is 6.92 Å². The summed E-state index contributed by atoms with van der Waals surface area (Å²) < 4.78 is 5.86. The van der Waals surface area contributed by atoms with E-state index < -0.39 is 0 Å². The van der Waals surface area contributed by atoms with Gasteiger partial charge in [-0.15, -0.1) is 10.2 Å². The first-order valence-corrected chi connectivity index (χ1v) is 6.62. The first-order valence-electron chi connectivity index (χ1n) is 6.62. The number of aromatic nitrogens is 2. The molecule has 0 bridgehead atoms. The van der Waals surface area contributed by atoms with Gasteiger partial charge in [0, 0.05) is 11.6 Å². The number of aliphatic hydroxyl groups excluding tert-OH is 1. The standard InChI is InChI=1S/C16H20N2O2/c1-11-5-7-13(16(2,3)4)14(9-11)20-15-8-6-12(10-19)17-18-15/h5-9,19H,10H2,1-4H3. The van der Waals surface area contributed by atoms with E-state index in [1.54, 1.807) is 12.1 Å². The number of benzene rings is 1. The van der Waals surface area contributed by atoms with Crippen LogP contribution >= 0.6 is 0 Å². The number of aryl methyl sites for hydroxylation is 1. The van der Waals surface area contributed by atoms with Crippen molar-refractivity contribution in [1.29, 1.82) is 0 Å². The highest BCUT2D eigenvalue weighted by Crippen LogP contribution is 2.34. The molecule has 0 saturated heterocycles. The van der Waals surface area contributed by atoms with Gasteiger partial charge >= 0.3 is 0 Å². The van der Waals surface area contributed by atoms with Crippen molar-refractivity contribution in [2.24, 2.45) is 0 Å². The lowest BCUT2D eigenvalue weighted by molar-refractivity contribution is 0.274. The minimum absolute atomic E-state index is 0.0124. The van der Waals surface area contributed by atoms with Crippen molar-refractivity contribution in [2.75, 3.05) is 0 Å². The second-order valence-electron chi connectivity index (χ2n) is 5.87.